The molecule has 33 heavy (non-hydrogen) atoms. The summed E-state index contributed by atoms with van der Waals surface area (Å²) >= 11 is 0. The highest BCUT2D eigenvalue weighted by atomic mass is 16.5. The van der Waals surface area contributed by atoms with Gasteiger partial charge in [0.1, 0.15) is 11.5 Å². The molecule has 0 bridgehead atoms. The number of benzene rings is 3. The van der Waals surface area contributed by atoms with Crippen molar-refractivity contribution in [1.82, 2.24) is 0 Å². The number of Topliss-reactive ketones (excluding diaryl/α,β-unsaturated/α-hetero) is 1. The predicted molar refractivity (Wildman–Crippen MR) is 127 cm³/mol. The molecule has 2 aliphatic rings. The number of nitrogens with zero attached hydrogens (tertiary/aromatic N) is 1. The zero-order valence-electron chi connectivity index (χ0n) is 18.7. The van der Waals surface area contributed by atoms with E-state index in [1.54, 1.807) is 6.07 Å². The van der Waals surface area contributed by atoms with Crippen molar-refractivity contribution in [2.24, 2.45) is 0 Å². The molecule has 1 atom stereocenters. The molecule has 1 unspecified atom stereocenters. The molecule has 0 aliphatic carbocycles. The second-order valence-corrected chi connectivity index (χ2v) is 8.64. The third kappa shape index (κ3) is 3.59. The van der Waals surface area contributed by atoms with Crippen LogP contribution in [-0.2, 0) is 16.0 Å². The van der Waals surface area contributed by atoms with Gasteiger partial charge in [-0.15, -0.1) is 0 Å². The van der Waals surface area contributed by atoms with Gasteiger partial charge in [0.15, 0.2) is 0 Å². The van der Waals surface area contributed by atoms with Crippen LogP contribution >= 0.6 is 0 Å². The molecule has 166 valence electrons. The lowest BCUT2D eigenvalue weighted by molar-refractivity contribution is -0.132. The van der Waals surface area contributed by atoms with Crippen LogP contribution in [0.2, 0.25) is 0 Å². The van der Waals surface area contributed by atoms with E-state index in [0.717, 1.165) is 40.8 Å². The van der Waals surface area contributed by atoms with Gasteiger partial charge in [-0.25, -0.2) is 0 Å². The smallest absolute Gasteiger partial charge is 0.300 e. The first-order valence-electron chi connectivity index (χ1n) is 11.1. The van der Waals surface area contributed by atoms with Gasteiger partial charge in [0.05, 0.1) is 18.2 Å². The van der Waals surface area contributed by atoms with E-state index in [2.05, 4.69) is 0 Å². The number of aryl methyl sites for hydroxylation is 3. The molecule has 1 N–H and O–H groups in total. The number of ether oxygens (including phenoxy) is 1. The zero-order chi connectivity index (χ0) is 23.1. The van der Waals surface area contributed by atoms with Crippen molar-refractivity contribution in [1.29, 1.82) is 0 Å². The number of rotatable bonds is 3. The van der Waals surface area contributed by atoms with Crippen molar-refractivity contribution in [3.8, 4) is 5.75 Å². The maximum atomic E-state index is 13.3. The van der Waals surface area contributed by atoms with E-state index < -0.39 is 17.7 Å². The molecule has 0 saturated carbocycles. The van der Waals surface area contributed by atoms with Crippen LogP contribution in [0.25, 0.3) is 5.76 Å². The van der Waals surface area contributed by atoms with Gasteiger partial charge >= 0.3 is 0 Å². The lowest BCUT2D eigenvalue weighted by atomic mass is 9.91. The standard InChI is InChI=1S/C28H25NO4/c1-17-9-12-21(13-10-17)29-25(22-8-4-3-6-18(22)2)24(27(31)28(29)32)26(30)20-11-14-23-19(16-20)7-5-15-33-23/h3-4,6,8-14,16,25,30H,5,7,15H2,1-2H3/b26-24+. The van der Waals surface area contributed by atoms with Crippen LogP contribution in [0.3, 0.4) is 0 Å². The Balaban J connectivity index is 1.71. The van der Waals surface area contributed by atoms with Crippen LogP contribution in [-0.4, -0.2) is 23.4 Å². The molecule has 1 fully saturated rings. The van der Waals surface area contributed by atoms with E-state index in [4.69, 9.17) is 4.74 Å². The van der Waals surface area contributed by atoms with Crippen molar-refractivity contribution in [3.63, 3.8) is 0 Å². The number of carbonyl (C=O) groups is 2. The average Bonchev–Trinajstić information content (AvgIpc) is 3.09. The fraction of sp³-hybridized carbons (Fsp3) is 0.214. The summed E-state index contributed by atoms with van der Waals surface area (Å²) in [5, 5.41) is 11.4. The Morgan fingerprint density at radius 1 is 1.00 bits per heavy atom. The molecule has 1 saturated heterocycles. The van der Waals surface area contributed by atoms with Gasteiger partial charge in [-0.05, 0) is 73.7 Å². The third-order valence-corrected chi connectivity index (χ3v) is 6.42. The van der Waals surface area contributed by atoms with Gasteiger partial charge in [0.25, 0.3) is 11.7 Å². The Labute approximate surface area is 192 Å². The highest BCUT2D eigenvalue weighted by Gasteiger charge is 2.47. The van der Waals surface area contributed by atoms with Crippen LogP contribution < -0.4 is 9.64 Å². The van der Waals surface area contributed by atoms with E-state index in [-0.39, 0.29) is 11.3 Å². The summed E-state index contributed by atoms with van der Waals surface area (Å²) in [5.41, 5.74) is 5.02. The van der Waals surface area contributed by atoms with Gasteiger partial charge in [-0.2, -0.15) is 0 Å². The first kappa shape index (κ1) is 21.0. The topological polar surface area (TPSA) is 66.8 Å². The molecule has 1 amide bonds. The molecule has 0 spiro atoms. The molecular weight excluding hydrogens is 414 g/mol. The number of fused-ring (bicyclic) bond motifs is 1. The minimum Gasteiger partial charge on any atom is -0.507 e. The first-order valence-corrected chi connectivity index (χ1v) is 11.1. The summed E-state index contributed by atoms with van der Waals surface area (Å²) in [7, 11) is 0. The van der Waals surface area contributed by atoms with Crippen molar-refractivity contribution in [2.75, 3.05) is 11.5 Å². The summed E-state index contributed by atoms with van der Waals surface area (Å²) in [6.45, 7) is 4.59. The number of amides is 1. The fourth-order valence-electron chi connectivity index (χ4n) is 4.66. The number of anilines is 1. The maximum Gasteiger partial charge on any atom is 0.300 e. The SMILES string of the molecule is Cc1ccc(N2C(=O)C(=O)/C(=C(/O)c3ccc4c(c3)CCCO4)C2c2ccccc2C)cc1. The maximum absolute atomic E-state index is 13.3. The Morgan fingerprint density at radius 2 is 1.76 bits per heavy atom. The Morgan fingerprint density at radius 3 is 2.52 bits per heavy atom. The first-order chi connectivity index (χ1) is 16.0. The van der Waals surface area contributed by atoms with Crippen LogP contribution in [0, 0.1) is 13.8 Å². The average molecular weight is 440 g/mol. The lowest BCUT2D eigenvalue weighted by Gasteiger charge is -2.27. The highest BCUT2D eigenvalue weighted by Crippen LogP contribution is 2.43. The summed E-state index contributed by atoms with van der Waals surface area (Å²) in [4.78, 5) is 28.1. The quantitative estimate of drug-likeness (QED) is 0.344. The van der Waals surface area contributed by atoms with Crippen molar-refractivity contribution in [2.45, 2.75) is 32.7 Å². The summed E-state index contributed by atoms with van der Waals surface area (Å²) in [5.74, 6) is -0.691. The second-order valence-electron chi connectivity index (χ2n) is 8.64. The summed E-state index contributed by atoms with van der Waals surface area (Å²) in [6, 6.07) is 19.8. The van der Waals surface area contributed by atoms with Crippen molar-refractivity contribution in [3.05, 3.63) is 100 Å². The Hall–Kier alpha value is -3.86. The molecule has 0 radical (unpaired) electrons. The van der Waals surface area contributed by atoms with Crippen molar-refractivity contribution >= 4 is 23.1 Å². The second kappa shape index (κ2) is 8.24. The number of ketones is 1. The number of aliphatic hydroxyl groups is 1. The zero-order valence-corrected chi connectivity index (χ0v) is 18.7. The highest BCUT2D eigenvalue weighted by molar-refractivity contribution is 6.51. The normalized spacial score (nSPS) is 19.3. The Bertz CT molecular complexity index is 1290. The minimum atomic E-state index is -0.721. The number of aliphatic hydroxyl groups excluding tert-OH is 1. The van der Waals surface area contributed by atoms with Crippen LogP contribution in [0.15, 0.2) is 72.3 Å². The van der Waals surface area contributed by atoms with Gasteiger partial charge in [0.2, 0.25) is 0 Å². The molecule has 3 aromatic rings. The molecule has 2 aliphatic heterocycles. The predicted octanol–water partition coefficient (Wildman–Crippen LogP) is 5.25. The fourth-order valence-corrected chi connectivity index (χ4v) is 4.66. The molecule has 5 rings (SSSR count). The van der Waals surface area contributed by atoms with E-state index in [1.807, 2.05) is 74.5 Å². The Kier molecular flexibility index (Phi) is 5.25. The van der Waals surface area contributed by atoms with E-state index in [9.17, 15) is 14.7 Å². The molecular formula is C28H25NO4. The van der Waals surface area contributed by atoms with Gasteiger partial charge in [-0.1, -0.05) is 42.0 Å². The van der Waals surface area contributed by atoms with Crippen LogP contribution in [0.1, 0.15) is 40.3 Å². The van der Waals surface area contributed by atoms with Gasteiger partial charge in [0, 0.05) is 11.3 Å². The molecule has 3 aromatic carbocycles. The number of carbonyl (C=O) groups excluding carboxylic acids is 2. The van der Waals surface area contributed by atoms with E-state index in [1.165, 1.54) is 4.90 Å². The summed E-state index contributed by atoms with van der Waals surface area (Å²) < 4.78 is 5.69. The van der Waals surface area contributed by atoms with E-state index in [0.29, 0.717) is 17.9 Å². The molecule has 0 aromatic heterocycles. The van der Waals surface area contributed by atoms with Gasteiger partial charge in [-0.3, -0.25) is 14.5 Å². The van der Waals surface area contributed by atoms with Gasteiger partial charge < -0.3 is 9.84 Å². The van der Waals surface area contributed by atoms with Crippen LogP contribution in [0.4, 0.5) is 5.69 Å². The lowest BCUT2D eigenvalue weighted by Crippen LogP contribution is -2.29. The molecule has 5 heteroatoms. The van der Waals surface area contributed by atoms with Crippen molar-refractivity contribution < 1.29 is 19.4 Å². The van der Waals surface area contributed by atoms with Crippen LogP contribution in [0.5, 0.6) is 5.75 Å². The molecule has 5 nitrogen and oxygen atoms in total. The summed E-state index contributed by atoms with van der Waals surface area (Å²) in [6.07, 6.45) is 1.74. The monoisotopic (exact) mass is 439 g/mol. The number of hydrogen-bond acceptors (Lipinski definition) is 4. The third-order valence-electron chi connectivity index (χ3n) is 6.42. The van der Waals surface area contributed by atoms with E-state index >= 15 is 0 Å². The molecule has 2 heterocycles. The largest absolute Gasteiger partial charge is 0.507 e. The minimum absolute atomic E-state index is 0.103. The number of hydrogen-bond donors (Lipinski definition) is 1.